The van der Waals surface area contributed by atoms with Crippen molar-refractivity contribution in [2.75, 3.05) is 0 Å². The fourth-order valence-corrected chi connectivity index (χ4v) is 3.31. The second kappa shape index (κ2) is 8.52. The van der Waals surface area contributed by atoms with Gasteiger partial charge in [0.2, 0.25) is 0 Å². The summed E-state index contributed by atoms with van der Waals surface area (Å²) in [5.41, 5.74) is 5.95. The summed E-state index contributed by atoms with van der Waals surface area (Å²) in [6.45, 7) is 4.16. The molecular formula is C15H28F3N5O2. The van der Waals surface area contributed by atoms with Crippen LogP contribution in [0.15, 0.2) is 0 Å². The van der Waals surface area contributed by atoms with Crippen molar-refractivity contribution in [2.45, 2.75) is 83.0 Å². The molecule has 1 aliphatic heterocycles. The Bertz CT molecular complexity index is 441. The van der Waals surface area contributed by atoms with E-state index in [2.05, 4.69) is 39.9 Å². The van der Waals surface area contributed by atoms with Crippen LogP contribution in [-0.2, 0) is 4.74 Å². The lowest BCUT2D eigenvalue weighted by Gasteiger charge is -2.38. The van der Waals surface area contributed by atoms with Gasteiger partial charge in [0, 0.05) is 12.1 Å². The van der Waals surface area contributed by atoms with Gasteiger partial charge in [-0.1, -0.05) is 13.8 Å². The molecule has 1 heterocycles. The van der Waals surface area contributed by atoms with Gasteiger partial charge in [-0.25, -0.2) is 4.79 Å². The number of carbonyl (C=O) groups excluding carboxylic acids is 1. The third-order valence-corrected chi connectivity index (χ3v) is 4.66. The van der Waals surface area contributed by atoms with Crippen molar-refractivity contribution in [2.24, 2.45) is 11.7 Å². The summed E-state index contributed by atoms with van der Waals surface area (Å²) in [7, 11) is 0. The van der Waals surface area contributed by atoms with Gasteiger partial charge in [-0.05, 0) is 38.0 Å². The van der Waals surface area contributed by atoms with Crippen LogP contribution in [0.2, 0.25) is 0 Å². The molecule has 0 radical (unpaired) electrons. The summed E-state index contributed by atoms with van der Waals surface area (Å²) in [4.78, 5) is 12.1. The molecule has 3 atom stereocenters. The molecule has 3 unspecified atom stereocenters. The molecule has 10 heteroatoms. The van der Waals surface area contributed by atoms with Gasteiger partial charge >= 0.3 is 12.4 Å². The first kappa shape index (κ1) is 20.2. The molecule has 6 N–H and O–H groups in total. The predicted molar refractivity (Wildman–Crippen MR) is 86.1 cm³/mol. The van der Waals surface area contributed by atoms with Gasteiger partial charge in [0.15, 0.2) is 0 Å². The highest BCUT2D eigenvalue weighted by Crippen LogP contribution is 2.27. The third kappa shape index (κ3) is 6.96. The van der Waals surface area contributed by atoms with Crippen molar-refractivity contribution in [1.82, 2.24) is 21.3 Å². The maximum absolute atomic E-state index is 12.2. The van der Waals surface area contributed by atoms with E-state index in [9.17, 15) is 18.0 Å². The zero-order valence-electron chi connectivity index (χ0n) is 14.5. The fraction of sp³-hybridized carbons (Fsp3) is 0.933. The Morgan fingerprint density at radius 1 is 1.16 bits per heavy atom. The zero-order chi connectivity index (χ0) is 18.6. The number of hydrogen-bond donors (Lipinski definition) is 5. The summed E-state index contributed by atoms with van der Waals surface area (Å²) in [5, 5.41) is 11.9. The van der Waals surface area contributed by atoms with Crippen LogP contribution in [0.4, 0.5) is 18.0 Å². The number of nitrogens with one attached hydrogen (secondary N) is 4. The molecule has 0 aromatic carbocycles. The van der Waals surface area contributed by atoms with Crippen molar-refractivity contribution in [3.63, 3.8) is 0 Å². The SMILES string of the molecule is CC(C)C1CC(N)NC(NC(=O)NC2CCC(OC(F)(F)F)CC2)N1. The van der Waals surface area contributed by atoms with Gasteiger partial charge in [-0.3, -0.25) is 15.4 Å². The molecule has 1 saturated heterocycles. The van der Waals surface area contributed by atoms with Crippen molar-refractivity contribution < 1.29 is 22.7 Å². The number of carbonyl (C=O) groups is 1. The molecule has 2 rings (SSSR count). The molecule has 25 heavy (non-hydrogen) atoms. The van der Waals surface area contributed by atoms with Crippen LogP contribution in [0.5, 0.6) is 0 Å². The smallest absolute Gasteiger partial charge is 0.335 e. The van der Waals surface area contributed by atoms with Crippen LogP contribution in [0.3, 0.4) is 0 Å². The monoisotopic (exact) mass is 367 g/mol. The molecule has 1 saturated carbocycles. The topological polar surface area (TPSA) is 100 Å². The number of nitrogens with two attached hydrogens (primary N) is 1. The number of amides is 2. The van der Waals surface area contributed by atoms with Crippen LogP contribution >= 0.6 is 0 Å². The molecule has 0 aromatic rings. The van der Waals surface area contributed by atoms with Gasteiger partial charge in [0.05, 0.1) is 12.3 Å². The van der Waals surface area contributed by atoms with E-state index in [1.807, 2.05) is 0 Å². The molecular weight excluding hydrogens is 339 g/mol. The van der Waals surface area contributed by atoms with Crippen molar-refractivity contribution >= 4 is 6.03 Å². The predicted octanol–water partition coefficient (Wildman–Crippen LogP) is 1.31. The molecule has 2 aliphatic rings. The number of halogens is 3. The average Bonchev–Trinajstić information content (AvgIpc) is 2.47. The quantitative estimate of drug-likeness (QED) is 0.516. The highest BCUT2D eigenvalue weighted by molar-refractivity contribution is 5.74. The van der Waals surface area contributed by atoms with Gasteiger partial charge in [0.1, 0.15) is 6.29 Å². The number of alkyl halides is 3. The Hall–Kier alpha value is -1.10. The number of hydrogen-bond acceptors (Lipinski definition) is 5. The first-order valence-corrected chi connectivity index (χ1v) is 8.71. The summed E-state index contributed by atoms with van der Waals surface area (Å²) >= 11 is 0. The minimum Gasteiger partial charge on any atom is -0.335 e. The maximum Gasteiger partial charge on any atom is 0.522 e. The molecule has 146 valence electrons. The van der Waals surface area contributed by atoms with Gasteiger partial charge in [0.25, 0.3) is 0 Å². The lowest BCUT2D eigenvalue weighted by molar-refractivity contribution is -0.345. The van der Waals surface area contributed by atoms with Crippen LogP contribution in [0, 0.1) is 5.92 Å². The van der Waals surface area contributed by atoms with Crippen LogP contribution in [-0.4, -0.2) is 43.0 Å². The summed E-state index contributed by atoms with van der Waals surface area (Å²) < 4.78 is 40.6. The lowest BCUT2D eigenvalue weighted by Crippen LogP contribution is -2.69. The van der Waals surface area contributed by atoms with Crippen LogP contribution in [0.1, 0.15) is 46.0 Å². The summed E-state index contributed by atoms with van der Waals surface area (Å²) in [5.74, 6) is 0.379. The molecule has 0 bridgehead atoms. The first-order chi connectivity index (χ1) is 11.6. The number of rotatable bonds is 4. The van der Waals surface area contributed by atoms with Crippen molar-refractivity contribution in [1.29, 1.82) is 0 Å². The second-order valence-corrected chi connectivity index (χ2v) is 7.11. The normalized spacial score (nSPS) is 34.0. The largest absolute Gasteiger partial charge is 0.522 e. The average molecular weight is 367 g/mol. The van der Waals surface area contributed by atoms with Crippen LogP contribution in [0.25, 0.3) is 0 Å². The Kier molecular flexibility index (Phi) is 6.89. The number of urea groups is 1. The molecule has 0 aromatic heterocycles. The highest BCUT2D eigenvalue weighted by atomic mass is 19.4. The summed E-state index contributed by atoms with van der Waals surface area (Å²) in [6, 6.07) is -0.343. The molecule has 0 spiro atoms. The lowest BCUT2D eigenvalue weighted by atomic mass is 9.93. The van der Waals surface area contributed by atoms with Crippen molar-refractivity contribution in [3.05, 3.63) is 0 Å². The van der Waals surface area contributed by atoms with Gasteiger partial charge in [-0.15, -0.1) is 13.2 Å². The van der Waals surface area contributed by atoms with E-state index in [0.29, 0.717) is 18.8 Å². The third-order valence-electron chi connectivity index (χ3n) is 4.66. The Morgan fingerprint density at radius 2 is 1.80 bits per heavy atom. The van der Waals surface area contributed by atoms with E-state index in [0.717, 1.165) is 6.42 Å². The van der Waals surface area contributed by atoms with Gasteiger partial charge in [-0.2, -0.15) is 0 Å². The van der Waals surface area contributed by atoms with E-state index >= 15 is 0 Å². The molecule has 7 nitrogen and oxygen atoms in total. The zero-order valence-corrected chi connectivity index (χ0v) is 14.5. The maximum atomic E-state index is 12.2. The first-order valence-electron chi connectivity index (χ1n) is 8.71. The molecule has 2 fully saturated rings. The number of ether oxygens (including phenoxy) is 1. The summed E-state index contributed by atoms with van der Waals surface area (Å²) in [6.07, 6.45) is -3.88. The minimum atomic E-state index is -4.60. The molecule has 2 amide bonds. The van der Waals surface area contributed by atoms with E-state index in [1.54, 1.807) is 0 Å². The minimum absolute atomic E-state index is 0.161. The van der Waals surface area contributed by atoms with Gasteiger partial charge < -0.3 is 16.4 Å². The molecule has 1 aliphatic carbocycles. The highest BCUT2D eigenvalue weighted by Gasteiger charge is 2.35. The Labute approximate surface area is 145 Å². The van der Waals surface area contributed by atoms with Crippen LogP contribution < -0.4 is 27.0 Å². The second-order valence-electron chi connectivity index (χ2n) is 7.11. The Morgan fingerprint density at radius 3 is 2.36 bits per heavy atom. The van der Waals surface area contributed by atoms with Crippen molar-refractivity contribution in [3.8, 4) is 0 Å². The van der Waals surface area contributed by atoms with E-state index in [4.69, 9.17) is 5.73 Å². The fourth-order valence-electron chi connectivity index (χ4n) is 3.31. The van der Waals surface area contributed by atoms with E-state index < -0.39 is 18.8 Å². The van der Waals surface area contributed by atoms with E-state index in [1.165, 1.54) is 0 Å². The van der Waals surface area contributed by atoms with E-state index in [-0.39, 0.29) is 37.1 Å². The Balaban J connectivity index is 1.72. The standard InChI is InChI=1S/C15H28F3N5O2/c1-8(2)11-7-12(19)22-13(21-11)23-14(24)20-9-3-5-10(6-4-9)25-15(16,17)18/h8-13,21-22H,3-7,19H2,1-2H3,(H2,20,23,24).